The summed E-state index contributed by atoms with van der Waals surface area (Å²) in [6, 6.07) is 0. The molecule has 0 rings (SSSR count). The third kappa shape index (κ3) is 10.3. The Balaban J connectivity index is 3.52. The Morgan fingerprint density at radius 2 is 1.88 bits per heavy atom. The summed E-state index contributed by atoms with van der Waals surface area (Å²) in [5, 5.41) is 0. The second kappa shape index (κ2) is 9.42. The molecular weight excluding hydrogens is 218 g/mol. The van der Waals surface area contributed by atoms with Gasteiger partial charge < -0.3 is 15.2 Å². The van der Waals surface area contributed by atoms with Gasteiger partial charge in [0, 0.05) is 13.0 Å². The van der Waals surface area contributed by atoms with Crippen LogP contribution < -0.4 is 5.73 Å². The molecular formula is C13H27NO3. The molecule has 0 bridgehead atoms. The van der Waals surface area contributed by atoms with Crippen molar-refractivity contribution in [2.45, 2.75) is 46.5 Å². The van der Waals surface area contributed by atoms with Crippen LogP contribution >= 0.6 is 0 Å². The number of rotatable bonds is 10. The monoisotopic (exact) mass is 245 g/mol. The van der Waals surface area contributed by atoms with Crippen LogP contribution in [0, 0.1) is 5.41 Å². The quantitative estimate of drug-likeness (QED) is 0.473. The highest BCUT2D eigenvalue weighted by Crippen LogP contribution is 2.25. The lowest BCUT2D eigenvalue weighted by molar-refractivity contribution is -0.145. The predicted octanol–water partition coefficient (Wildman–Crippen LogP) is 2.11. The molecule has 4 heteroatoms. The van der Waals surface area contributed by atoms with Gasteiger partial charge in [0.15, 0.2) is 0 Å². The van der Waals surface area contributed by atoms with Crippen molar-refractivity contribution >= 4 is 5.97 Å². The van der Waals surface area contributed by atoms with E-state index in [9.17, 15) is 4.79 Å². The van der Waals surface area contributed by atoms with Gasteiger partial charge in [-0.25, -0.2) is 0 Å². The summed E-state index contributed by atoms with van der Waals surface area (Å²) in [4.78, 5) is 11.4. The van der Waals surface area contributed by atoms with E-state index >= 15 is 0 Å². The Morgan fingerprint density at radius 3 is 2.47 bits per heavy atom. The first-order valence-corrected chi connectivity index (χ1v) is 6.45. The minimum atomic E-state index is -0.143. The Hall–Kier alpha value is -0.610. The summed E-state index contributed by atoms with van der Waals surface area (Å²) in [7, 11) is 0. The van der Waals surface area contributed by atoms with E-state index in [4.69, 9.17) is 15.2 Å². The van der Waals surface area contributed by atoms with Crippen LogP contribution in [0.25, 0.3) is 0 Å². The minimum Gasteiger partial charge on any atom is -0.463 e. The number of nitrogens with two attached hydrogens (primary N) is 1. The van der Waals surface area contributed by atoms with Gasteiger partial charge >= 0.3 is 5.97 Å². The van der Waals surface area contributed by atoms with Crippen LogP contribution in [-0.2, 0) is 14.3 Å². The molecule has 17 heavy (non-hydrogen) atoms. The zero-order chi connectivity index (χ0) is 13.1. The molecule has 0 aliphatic heterocycles. The Labute approximate surface area is 105 Å². The third-order valence-corrected chi connectivity index (χ3v) is 2.67. The second-order valence-corrected chi connectivity index (χ2v) is 5.04. The van der Waals surface area contributed by atoms with Gasteiger partial charge in [-0.3, -0.25) is 4.79 Å². The number of hydrogen-bond donors (Lipinski definition) is 1. The van der Waals surface area contributed by atoms with E-state index in [0.29, 0.717) is 26.2 Å². The maximum Gasteiger partial charge on any atom is 0.305 e. The molecule has 0 heterocycles. The Morgan fingerprint density at radius 1 is 1.18 bits per heavy atom. The molecule has 102 valence electrons. The summed E-state index contributed by atoms with van der Waals surface area (Å²) in [6.07, 6.45) is 3.20. The van der Waals surface area contributed by atoms with Gasteiger partial charge in [0.05, 0.1) is 6.61 Å². The first-order valence-electron chi connectivity index (χ1n) is 6.45. The fraction of sp³-hybridized carbons (Fsp3) is 0.923. The SMILES string of the molecule is CCCOCCOC(=O)CCC(C)(C)CCN. The zero-order valence-electron chi connectivity index (χ0n) is 11.5. The number of ether oxygens (including phenoxy) is 2. The summed E-state index contributed by atoms with van der Waals surface area (Å²) in [5.41, 5.74) is 5.63. The first kappa shape index (κ1) is 16.4. The highest BCUT2D eigenvalue weighted by atomic mass is 16.6. The maximum absolute atomic E-state index is 11.4. The lowest BCUT2D eigenvalue weighted by atomic mass is 9.84. The van der Waals surface area contributed by atoms with Crippen molar-refractivity contribution < 1.29 is 14.3 Å². The standard InChI is InChI=1S/C13H27NO3/c1-4-9-16-10-11-17-12(15)5-6-13(2,3)7-8-14/h4-11,14H2,1-3H3. The molecule has 0 aromatic rings. The molecule has 4 nitrogen and oxygen atoms in total. The van der Waals surface area contributed by atoms with E-state index in [1.807, 2.05) is 6.92 Å². The van der Waals surface area contributed by atoms with E-state index in [-0.39, 0.29) is 11.4 Å². The summed E-state index contributed by atoms with van der Waals surface area (Å²) >= 11 is 0. The molecule has 0 atom stereocenters. The van der Waals surface area contributed by atoms with Crippen molar-refractivity contribution in [1.29, 1.82) is 0 Å². The molecule has 0 radical (unpaired) electrons. The molecule has 0 aromatic carbocycles. The average molecular weight is 245 g/mol. The van der Waals surface area contributed by atoms with Gasteiger partial charge in [-0.15, -0.1) is 0 Å². The highest BCUT2D eigenvalue weighted by Gasteiger charge is 2.18. The maximum atomic E-state index is 11.4. The van der Waals surface area contributed by atoms with Crippen LogP contribution in [0.5, 0.6) is 0 Å². The van der Waals surface area contributed by atoms with E-state index < -0.39 is 0 Å². The average Bonchev–Trinajstić information content (AvgIpc) is 2.26. The van der Waals surface area contributed by atoms with Gasteiger partial charge in [-0.05, 0) is 31.2 Å². The molecule has 0 aliphatic carbocycles. The van der Waals surface area contributed by atoms with Crippen molar-refractivity contribution in [3.05, 3.63) is 0 Å². The molecule has 0 aromatic heterocycles. The summed E-state index contributed by atoms with van der Waals surface area (Å²) in [6.45, 7) is 8.52. The zero-order valence-corrected chi connectivity index (χ0v) is 11.5. The van der Waals surface area contributed by atoms with Crippen LogP contribution in [0.1, 0.15) is 46.5 Å². The fourth-order valence-corrected chi connectivity index (χ4v) is 1.49. The molecule has 0 aliphatic rings. The van der Waals surface area contributed by atoms with Crippen LogP contribution in [0.3, 0.4) is 0 Å². The lowest BCUT2D eigenvalue weighted by Crippen LogP contribution is -2.19. The van der Waals surface area contributed by atoms with Crippen molar-refractivity contribution in [2.24, 2.45) is 11.1 Å². The normalized spacial score (nSPS) is 11.5. The van der Waals surface area contributed by atoms with Gasteiger partial charge in [0.1, 0.15) is 6.61 Å². The first-order chi connectivity index (χ1) is 8.02. The number of esters is 1. The van der Waals surface area contributed by atoms with E-state index in [2.05, 4.69) is 13.8 Å². The van der Waals surface area contributed by atoms with Crippen molar-refractivity contribution in [1.82, 2.24) is 0 Å². The molecule has 2 N–H and O–H groups in total. The Bertz CT molecular complexity index is 205. The highest BCUT2D eigenvalue weighted by molar-refractivity contribution is 5.69. The fourth-order valence-electron chi connectivity index (χ4n) is 1.49. The smallest absolute Gasteiger partial charge is 0.305 e. The molecule has 0 spiro atoms. The molecule has 0 saturated heterocycles. The van der Waals surface area contributed by atoms with E-state index in [0.717, 1.165) is 25.9 Å². The number of hydrogen-bond acceptors (Lipinski definition) is 4. The third-order valence-electron chi connectivity index (χ3n) is 2.67. The topological polar surface area (TPSA) is 61.5 Å². The van der Waals surface area contributed by atoms with Crippen LogP contribution in [0.15, 0.2) is 0 Å². The van der Waals surface area contributed by atoms with Crippen LogP contribution in [-0.4, -0.2) is 32.3 Å². The largest absolute Gasteiger partial charge is 0.463 e. The van der Waals surface area contributed by atoms with Crippen LogP contribution in [0.2, 0.25) is 0 Å². The van der Waals surface area contributed by atoms with E-state index in [1.165, 1.54) is 0 Å². The second-order valence-electron chi connectivity index (χ2n) is 5.04. The van der Waals surface area contributed by atoms with Gasteiger partial charge in [0.2, 0.25) is 0 Å². The number of carbonyl (C=O) groups is 1. The van der Waals surface area contributed by atoms with Gasteiger partial charge in [-0.1, -0.05) is 20.8 Å². The lowest BCUT2D eigenvalue weighted by Gasteiger charge is -2.23. The summed E-state index contributed by atoms with van der Waals surface area (Å²) in [5.74, 6) is -0.143. The predicted molar refractivity (Wildman–Crippen MR) is 68.8 cm³/mol. The van der Waals surface area contributed by atoms with E-state index in [1.54, 1.807) is 0 Å². The molecule has 0 unspecified atom stereocenters. The van der Waals surface area contributed by atoms with Crippen molar-refractivity contribution in [3.8, 4) is 0 Å². The molecule has 0 amide bonds. The van der Waals surface area contributed by atoms with Crippen molar-refractivity contribution in [2.75, 3.05) is 26.4 Å². The van der Waals surface area contributed by atoms with Gasteiger partial charge in [0.25, 0.3) is 0 Å². The van der Waals surface area contributed by atoms with Crippen LogP contribution in [0.4, 0.5) is 0 Å². The minimum absolute atomic E-state index is 0.118. The molecule has 0 fully saturated rings. The summed E-state index contributed by atoms with van der Waals surface area (Å²) < 4.78 is 10.3. The molecule has 0 saturated carbocycles. The van der Waals surface area contributed by atoms with Gasteiger partial charge in [-0.2, -0.15) is 0 Å². The Kier molecular flexibility index (Phi) is 9.09. The number of carbonyl (C=O) groups excluding carboxylic acids is 1. The van der Waals surface area contributed by atoms with Crippen molar-refractivity contribution in [3.63, 3.8) is 0 Å².